The summed E-state index contributed by atoms with van der Waals surface area (Å²) in [4.78, 5) is 36.8. The number of aliphatic hydroxyl groups is 1. The summed E-state index contributed by atoms with van der Waals surface area (Å²) in [5.41, 5.74) is 2.82. The number of H-pyrrole nitrogens is 1. The van der Waals surface area contributed by atoms with Crippen molar-refractivity contribution in [1.29, 1.82) is 0 Å². The molecule has 0 bridgehead atoms. The molecule has 0 spiro atoms. The predicted molar refractivity (Wildman–Crippen MR) is 132 cm³/mol. The molecule has 1 aromatic carbocycles. The molecule has 4 N–H and O–H groups in total. The van der Waals surface area contributed by atoms with Crippen LogP contribution in [0.4, 0.5) is 0 Å². The van der Waals surface area contributed by atoms with Crippen molar-refractivity contribution in [3.63, 3.8) is 0 Å². The molecule has 0 saturated heterocycles. The third-order valence-electron chi connectivity index (χ3n) is 7.19. The van der Waals surface area contributed by atoms with E-state index in [0.717, 1.165) is 25.7 Å². The summed E-state index contributed by atoms with van der Waals surface area (Å²) >= 11 is 0. The molecule has 6 rings (SSSR count). The Bertz CT molecular complexity index is 1330. The molecule has 3 aliphatic rings. The monoisotopic (exact) mass is 507 g/mol. The summed E-state index contributed by atoms with van der Waals surface area (Å²) in [7, 11) is 0. The molecule has 37 heavy (non-hydrogen) atoms. The fourth-order valence-corrected chi connectivity index (χ4v) is 5.01. The van der Waals surface area contributed by atoms with Crippen molar-refractivity contribution in [1.82, 2.24) is 25.6 Å². The first-order chi connectivity index (χ1) is 18.1. The van der Waals surface area contributed by atoms with Crippen LogP contribution in [-0.4, -0.2) is 64.0 Å². The van der Waals surface area contributed by atoms with E-state index in [1.807, 2.05) is 12.1 Å². The van der Waals surface area contributed by atoms with E-state index < -0.39 is 6.61 Å². The first-order valence-electron chi connectivity index (χ1n) is 12.7. The van der Waals surface area contributed by atoms with Gasteiger partial charge < -0.3 is 34.9 Å². The molecule has 2 amide bonds. The number of nitrogens with one attached hydrogen (secondary N) is 3. The second-order valence-electron chi connectivity index (χ2n) is 9.82. The molecule has 3 heterocycles. The van der Waals surface area contributed by atoms with E-state index in [4.69, 9.17) is 19.3 Å². The average Bonchev–Trinajstić information content (AvgIpc) is 3.43. The van der Waals surface area contributed by atoms with Gasteiger partial charge in [0.25, 0.3) is 5.91 Å². The fraction of sp³-hybridized carbons (Fsp3) is 0.462. The molecule has 2 fully saturated rings. The number of aromatic amines is 1. The Morgan fingerprint density at radius 3 is 2.59 bits per heavy atom. The predicted octanol–water partition coefficient (Wildman–Crippen LogP) is 2.29. The quantitative estimate of drug-likeness (QED) is 0.363. The van der Waals surface area contributed by atoms with E-state index in [2.05, 4.69) is 25.6 Å². The third-order valence-corrected chi connectivity index (χ3v) is 7.19. The van der Waals surface area contributed by atoms with Crippen molar-refractivity contribution in [2.24, 2.45) is 5.92 Å². The molecule has 2 saturated carbocycles. The van der Waals surface area contributed by atoms with Gasteiger partial charge in [0, 0.05) is 18.3 Å². The normalized spacial score (nSPS) is 20.6. The summed E-state index contributed by atoms with van der Waals surface area (Å²) in [6.45, 7) is 0.234. The van der Waals surface area contributed by atoms with Crippen molar-refractivity contribution < 1.29 is 28.9 Å². The van der Waals surface area contributed by atoms with Gasteiger partial charge in [-0.3, -0.25) is 9.59 Å². The highest BCUT2D eigenvalue weighted by molar-refractivity contribution is 6.08. The number of fused-ring (bicyclic) bond motifs is 2. The van der Waals surface area contributed by atoms with E-state index in [1.54, 1.807) is 6.20 Å². The van der Waals surface area contributed by atoms with E-state index in [-0.39, 0.29) is 30.7 Å². The van der Waals surface area contributed by atoms with E-state index >= 15 is 0 Å². The van der Waals surface area contributed by atoms with Gasteiger partial charge in [0.15, 0.2) is 11.5 Å². The van der Waals surface area contributed by atoms with Gasteiger partial charge in [-0.25, -0.2) is 9.97 Å². The molecule has 0 radical (unpaired) electrons. The standard InChI is InChI=1S/C26H29N5O6/c32-10-20(33)30-15-3-5-16(6-4-15)31-26(34)17-9-27-24-22(17)28-12-29-23(24)21-18(35-11-14-1-2-14)7-8-19-25(21)37-13-36-19/h7-9,12,14-16,27,32H,1-6,10-11,13H2,(H,30,33)(H,31,34). The van der Waals surface area contributed by atoms with Gasteiger partial charge in [0.05, 0.1) is 23.3 Å². The zero-order chi connectivity index (χ0) is 25.4. The molecule has 2 aromatic heterocycles. The molecule has 1 aliphatic heterocycles. The van der Waals surface area contributed by atoms with Crippen LogP contribution < -0.4 is 24.8 Å². The Hall–Kier alpha value is -3.86. The Balaban J connectivity index is 1.24. The number of hydrogen-bond acceptors (Lipinski definition) is 8. The molecule has 11 heteroatoms. The number of amides is 2. The minimum atomic E-state index is -0.514. The first kappa shape index (κ1) is 23.5. The fourth-order valence-electron chi connectivity index (χ4n) is 5.01. The second-order valence-corrected chi connectivity index (χ2v) is 9.82. The van der Waals surface area contributed by atoms with Gasteiger partial charge in [-0.2, -0.15) is 0 Å². The van der Waals surface area contributed by atoms with Crippen molar-refractivity contribution in [2.45, 2.75) is 50.6 Å². The highest BCUT2D eigenvalue weighted by Crippen LogP contribution is 2.48. The lowest BCUT2D eigenvalue weighted by Crippen LogP contribution is -2.44. The number of rotatable bonds is 8. The topological polar surface area (TPSA) is 148 Å². The lowest BCUT2D eigenvalue weighted by atomic mass is 9.91. The Labute approximate surface area is 212 Å². The minimum absolute atomic E-state index is 0.00796. The van der Waals surface area contributed by atoms with Gasteiger partial charge >= 0.3 is 0 Å². The van der Waals surface area contributed by atoms with Crippen molar-refractivity contribution in [3.05, 3.63) is 30.2 Å². The molecule has 3 aromatic rings. The summed E-state index contributed by atoms with van der Waals surface area (Å²) in [5, 5.41) is 14.8. The van der Waals surface area contributed by atoms with Gasteiger partial charge in [-0.1, -0.05) is 0 Å². The first-order valence-corrected chi connectivity index (χ1v) is 12.7. The van der Waals surface area contributed by atoms with Crippen LogP contribution in [0.1, 0.15) is 48.9 Å². The zero-order valence-corrected chi connectivity index (χ0v) is 20.3. The maximum Gasteiger partial charge on any atom is 0.255 e. The summed E-state index contributed by atoms with van der Waals surface area (Å²) in [6, 6.07) is 3.72. The van der Waals surface area contributed by atoms with Crippen molar-refractivity contribution in [2.75, 3.05) is 20.0 Å². The number of carbonyl (C=O) groups excluding carboxylic acids is 2. The Morgan fingerprint density at radius 2 is 1.84 bits per heavy atom. The third kappa shape index (κ3) is 4.78. The van der Waals surface area contributed by atoms with Crippen molar-refractivity contribution >= 4 is 22.8 Å². The minimum Gasteiger partial charge on any atom is -0.492 e. The summed E-state index contributed by atoms with van der Waals surface area (Å²) in [6.07, 6.45) is 8.38. The Kier molecular flexibility index (Phi) is 6.29. The van der Waals surface area contributed by atoms with Crippen LogP contribution in [0.25, 0.3) is 22.3 Å². The highest BCUT2D eigenvalue weighted by Gasteiger charge is 2.30. The van der Waals surface area contributed by atoms with Crippen LogP contribution in [0.5, 0.6) is 17.2 Å². The zero-order valence-electron chi connectivity index (χ0n) is 20.3. The van der Waals surface area contributed by atoms with Gasteiger partial charge in [-0.15, -0.1) is 0 Å². The number of hydrogen-bond donors (Lipinski definition) is 4. The second kappa shape index (κ2) is 9.89. The number of ether oxygens (including phenoxy) is 3. The number of aromatic nitrogens is 3. The van der Waals surface area contributed by atoms with E-state index in [1.165, 1.54) is 19.2 Å². The number of aliphatic hydroxyl groups excluding tert-OH is 1. The van der Waals surface area contributed by atoms with Crippen LogP contribution in [0.15, 0.2) is 24.7 Å². The number of carbonyl (C=O) groups is 2. The Morgan fingerprint density at radius 1 is 1.05 bits per heavy atom. The van der Waals surface area contributed by atoms with Gasteiger partial charge in [0.2, 0.25) is 12.7 Å². The largest absolute Gasteiger partial charge is 0.492 e. The summed E-state index contributed by atoms with van der Waals surface area (Å²) < 4.78 is 17.5. The van der Waals surface area contributed by atoms with Crippen LogP contribution >= 0.6 is 0 Å². The van der Waals surface area contributed by atoms with E-state index in [9.17, 15) is 9.59 Å². The molecule has 0 atom stereocenters. The van der Waals surface area contributed by atoms with Crippen molar-refractivity contribution in [3.8, 4) is 28.5 Å². The lowest BCUT2D eigenvalue weighted by Gasteiger charge is -2.29. The number of benzene rings is 1. The molecule has 2 aliphatic carbocycles. The smallest absolute Gasteiger partial charge is 0.255 e. The molecular formula is C26H29N5O6. The lowest BCUT2D eigenvalue weighted by molar-refractivity contribution is -0.124. The van der Waals surface area contributed by atoms with Crippen LogP contribution in [0.2, 0.25) is 0 Å². The molecular weight excluding hydrogens is 478 g/mol. The highest BCUT2D eigenvalue weighted by atomic mass is 16.7. The molecule has 0 unspecified atom stereocenters. The maximum absolute atomic E-state index is 13.2. The van der Waals surface area contributed by atoms with Gasteiger partial charge in [0.1, 0.15) is 29.9 Å². The number of nitrogens with zero attached hydrogens (tertiary/aromatic N) is 2. The van der Waals surface area contributed by atoms with Crippen LogP contribution in [-0.2, 0) is 4.79 Å². The van der Waals surface area contributed by atoms with Crippen LogP contribution in [0, 0.1) is 5.92 Å². The maximum atomic E-state index is 13.2. The molecule has 11 nitrogen and oxygen atoms in total. The van der Waals surface area contributed by atoms with Gasteiger partial charge in [-0.05, 0) is 56.6 Å². The van der Waals surface area contributed by atoms with E-state index in [0.29, 0.717) is 57.6 Å². The van der Waals surface area contributed by atoms with Crippen LogP contribution in [0.3, 0.4) is 0 Å². The SMILES string of the molecule is O=C(CO)NC1CCC(NC(=O)c2c[nH]c3c(-c4c(OCC5CC5)ccc5c4OCO5)ncnc23)CC1. The summed E-state index contributed by atoms with van der Waals surface area (Å²) in [5.74, 6) is 1.83. The average molecular weight is 508 g/mol. The molecule has 194 valence electrons.